The van der Waals surface area contributed by atoms with Crippen molar-refractivity contribution in [3.63, 3.8) is 0 Å². The lowest BCUT2D eigenvalue weighted by Crippen LogP contribution is -2.35. The van der Waals surface area contributed by atoms with Crippen LogP contribution in [0.4, 0.5) is 0 Å². The second-order valence-corrected chi connectivity index (χ2v) is 6.25. The number of ether oxygens (including phenoxy) is 1. The van der Waals surface area contributed by atoms with E-state index in [2.05, 4.69) is 6.92 Å². The first-order chi connectivity index (χ1) is 9.63. The molecule has 110 valence electrons. The number of rotatable bonds is 5. The molecule has 0 aliphatic carbocycles. The van der Waals surface area contributed by atoms with Crippen molar-refractivity contribution in [2.75, 3.05) is 26.0 Å². The molecule has 1 fully saturated rings. The van der Waals surface area contributed by atoms with Crippen LogP contribution in [0.15, 0.2) is 29.2 Å². The normalized spacial score (nSPS) is 22.1. The van der Waals surface area contributed by atoms with Gasteiger partial charge in [-0.25, -0.2) is 0 Å². The zero-order chi connectivity index (χ0) is 14.5. The second-order valence-electron chi connectivity index (χ2n) is 5.20. The second kappa shape index (κ2) is 6.99. The van der Waals surface area contributed by atoms with Crippen molar-refractivity contribution in [3.8, 4) is 5.75 Å². The molecular weight excluding hydrogens is 272 g/mol. The minimum Gasteiger partial charge on any atom is -0.497 e. The molecule has 0 spiro atoms. The number of likely N-dealkylation sites (tertiary alicyclic amines) is 1. The van der Waals surface area contributed by atoms with Gasteiger partial charge in [-0.1, -0.05) is 6.07 Å². The van der Waals surface area contributed by atoms with Gasteiger partial charge in [-0.15, -0.1) is 11.8 Å². The van der Waals surface area contributed by atoms with E-state index in [1.165, 1.54) is 0 Å². The third-order valence-corrected chi connectivity index (χ3v) is 4.70. The van der Waals surface area contributed by atoms with Crippen LogP contribution in [-0.4, -0.2) is 42.8 Å². The number of thioether (sulfide) groups is 1. The van der Waals surface area contributed by atoms with Crippen molar-refractivity contribution in [3.05, 3.63) is 24.3 Å². The molecule has 5 heteroatoms. The monoisotopic (exact) mass is 294 g/mol. The molecule has 0 aromatic heterocycles. The maximum absolute atomic E-state index is 12.3. The van der Waals surface area contributed by atoms with Crippen LogP contribution in [0.2, 0.25) is 0 Å². The molecular formula is C15H22N2O2S. The van der Waals surface area contributed by atoms with E-state index in [-0.39, 0.29) is 5.91 Å². The Morgan fingerprint density at radius 3 is 3.00 bits per heavy atom. The fourth-order valence-corrected chi connectivity index (χ4v) is 3.41. The van der Waals surface area contributed by atoms with Gasteiger partial charge in [-0.05, 0) is 44.0 Å². The minimum atomic E-state index is 0.196. The van der Waals surface area contributed by atoms with E-state index in [1.807, 2.05) is 29.2 Å². The number of methoxy groups -OCH3 is 1. The Morgan fingerprint density at radius 2 is 2.35 bits per heavy atom. The van der Waals surface area contributed by atoms with Gasteiger partial charge in [0, 0.05) is 17.5 Å². The van der Waals surface area contributed by atoms with Crippen LogP contribution in [0.3, 0.4) is 0 Å². The molecule has 2 atom stereocenters. The van der Waals surface area contributed by atoms with Crippen LogP contribution >= 0.6 is 11.8 Å². The van der Waals surface area contributed by atoms with Gasteiger partial charge < -0.3 is 15.4 Å². The van der Waals surface area contributed by atoms with Crippen LogP contribution in [0.25, 0.3) is 0 Å². The summed E-state index contributed by atoms with van der Waals surface area (Å²) in [5, 5.41) is 0. The molecule has 20 heavy (non-hydrogen) atoms. The summed E-state index contributed by atoms with van der Waals surface area (Å²) in [6.07, 6.45) is 1.02. The molecule has 1 heterocycles. The highest BCUT2D eigenvalue weighted by Crippen LogP contribution is 2.26. The van der Waals surface area contributed by atoms with Crippen molar-refractivity contribution in [1.29, 1.82) is 0 Å². The molecule has 1 aliphatic heterocycles. The molecule has 0 radical (unpaired) electrons. The number of nitrogens with two attached hydrogens (primary N) is 1. The zero-order valence-electron chi connectivity index (χ0n) is 12.0. The first-order valence-corrected chi connectivity index (χ1v) is 7.89. The van der Waals surface area contributed by atoms with E-state index < -0.39 is 0 Å². The van der Waals surface area contributed by atoms with Gasteiger partial charge in [0.15, 0.2) is 0 Å². The number of hydrogen-bond acceptors (Lipinski definition) is 4. The average molecular weight is 294 g/mol. The smallest absolute Gasteiger partial charge is 0.233 e. The molecule has 1 aromatic rings. The number of carbonyl (C=O) groups excluding carboxylic acids is 1. The quantitative estimate of drug-likeness (QED) is 0.844. The molecule has 1 saturated heterocycles. The van der Waals surface area contributed by atoms with Gasteiger partial charge in [0.1, 0.15) is 5.75 Å². The van der Waals surface area contributed by atoms with E-state index in [4.69, 9.17) is 10.5 Å². The van der Waals surface area contributed by atoms with Crippen molar-refractivity contribution >= 4 is 17.7 Å². The third kappa shape index (κ3) is 3.67. The summed E-state index contributed by atoms with van der Waals surface area (Å²) in [5.74, 6) is 1.94. The SMILES string of the molecule is COc1cccc(SCC(=O)N2CC(CN)CC2C)c1. The van der Waals surface area contributed by atoms with E-state index in [9.17, 15) is 4.79 Å². The van der Waals surface area contributed by atoms with Gasteiger partial charge >= 0.3 is 0 Å². The predicted octanol–water partition coefficient (Wildman–Crippen LogP) is 1.98. The maximum atomic E-state index is 12.3. The highest BCUT2D eigenvalue weighted by atomic mass is 32.2. The molecule has 1 amide bonds. The van der Waals surface area contributed by atoms with E-state index in [0.717, 1.165) is 23.6 Å². The Labute approximate surface area is 124 Å². The summed E-state index contributed by atoms with van der Waals surface area (Å²) in [4.78, 5) is 15.3. The third-order valence-electron chi connectivity index (χ3n) is 3.72. The fraction of sp³-hybridized carbons (Fsp3) is 0.533. The van der Waals surface area contributed by atoms with Gasteiger partial charge in [-0.3, -0.25) is 4.79 Å². The Bertz CT molecular complexity index is 467. The lowest BCUT2D eigenvalue weighted by molar-refractivity contribution is -0.128. The van der Waals surface area contributed by atoms with E-state index in [0.29, 0.717) is 24.3 Å². The Balaban J connectivity index is 1.88. The minimum absolute atomic E-state index is 0.196. The molecule has 4 nitrogen and oxygen atoms in total. The average Bonchev–Trinajstić information content (AvgIpc) is 2.86. The number of nitrogens with zero attached hydrogens (tertiary/aromatic N) is 1. The van der Waals surface area contributed by atoms with Crippen LogP contribution in [-0.2, 0) is 4.79 Å². The first kappa shape index (κ1) is 15.2. The summed E-state index contributed by atoms with van der Waals surface area (Å²) in [5.41, 5.74) is 5.70. The molecule has 2 N–H and O–H groups in total. The van der Waals surface area contributed by atoms with Gasteiger partial charge in [0.2, 0.25) is 5.91 Å². The lowest BCUT2D eigenvalue weighted by Gasteiger charge is -2.21. The highest BCUT2D eigenvalue weighted by molar-refractivity contribution is 8.00. The summed E-state index contributed by atoms with van der Waals surface area (Å²) in [6.45, 7) is 3.57. The Kier molecular flexibility index (Phi) is 5.31. The van der Waals surface area contributed by atoms with Crippen LogP contribution < -0.4 is 10.5 Å². The van der Waals surface area contributed by atoms with Crippen molar-refractivity contribution < 1.29 is 9.53 Å². The highest BCUT2D eigenvalue weighted by Gasteiger charge is 2.31. The standard InChI is InChI=1S/C15H22N2O2S/c1-11-6-12(8-16)9-17(11)15(18)10-20-14-5-3-4-13(7-14)19-2/h3-5,7,11-12H,6,8-10,16H2,1-2H3. The van der Waals surface area contributed by atoms with Crippen LogP contribution in [0.5, 0.6) is 5.75 Å². The van der Waals surface area contributed by atoms with Crippen molar-refractivity contribution in [2.45, 2.75) is 24.3 Å². The maximum Gasteiger partial charge on any atom is 0.233 e. The zero-order valence-corrected chi connectivity index (χ0v) is 12.9. The topological polar surface area (TPSA) is 55.6 Å². The Morgan fingerprint density at radius 1 is 1.55 bits per heavy atom. The van der Waals surface area contributed by atoms with Gasteiger partial charge in [0.05, 0.1) is 12.9 Å². The van der Waals surface area contributed by atoms with Crippen LogP contribution in [0, 0.1) is 5.92 Å². The molecule has 2 rings (SSSR count). The summed E-state index contributed by atoms with van der Waals surface area (Å²) < 4.78 is 5.18. The van der Waals surface area contributed by atoms with Crippen molar-refractivity contribution in [2.24, 2.45) is 11.7 Å². The fourth-order valence-electron chi connectivity index (χ4n) is 2.58. The molecule has 1 aliphatic rings. The van der Waals surface area contributed by atoms with Crippen LogP contribution in [0.1, 0.15) is 13.3 Å². The van der Waals surface area contributed by atoms with Gasteiger partial charge in [-0.2, -0.15) is 0 Å². The van der Waals surface area contributed by atoms with Gasteiger partial charge in [0.25, 0.3) is 0 Å². The number of amides is 1. The van der Waals surface area contributed by atoms with E-state index >= 15 is 0 Å². The largest absolute Gasteiger partial charge is 0.497 e. The molecule has 2 unspecified atom stereocenters. The number of benzene rings is 1. The number of hydrogen-bond donors (Lipinski definition) is 1. The predicted molar refractivity (Wildman–Crippen MR) is 82.1 cm³/mol. The molecule has 0 saturated carbocycles. The summed E-state index contributed by atoms with van der Waals surface area (Å²) in [6, 6.07) is 8.10. The molecule has 1 aromatic carbocycles. The summed E-state index contributed by atoms with van der Waals surface area (Å²) in [7, 11) is 1.65. The lowest BCUT2D eigenvalue weighted by atomic mass is 10.1. The number of carbonyl (C=O) groups is 1. The Hall–Kier alpha value is -1.20. The first-order valence-electron chi connectivity index (χ1n) is 6.90. The van der Waals surface area contributed by atoms with E-state index in [1.54, 1.807) is 18.9 Å². The van der Waals surface area contributed by atoms with Crippen molar-refractivity contribution in [1.82, 2.24) is 4.90 Å². The molecule has 0 bridgehead atoms. The summed E-state index contributed by atoms with van der Waals surface area (Å²) >= 11 is 1.55.